The molecule has 80 valence electrons. The monoisotopic (exact) mass is 320 g/mol. The van der Waals surface area contributed by atoms with E-state index in [1.807, 2.05) is 6.08 Å². The summed E-state index contributed by atoms with van der Waals surface area (Å²) in [4.78, 5) is 0. The molecule has 0 unspecified atom stereocenters. The normalized spacial score (nSPS) is 11.1. The topological polar surface area (TPSA) is 0 Å². The van der Waals surface area contributed by atoms with E-state index in [2.05, 4.69) is 72.5 Å². The minimum absolute atomic E-state index is 1.26. The van der Waals surface area contributed by atoms with Crippen molar-refractivity contribution in [1.29, 1.82) is 0 Å². The molecule has 0 aliphatic rings. The van der Waals surface area contributed by atoms with Crippen LogP contribution in [0.4, 0.5) is 0 Å². The van der Waals surface area contributed by atoms with Gasteiger partial charge in [0, 0.05) is 3.57 Å². The van der Waals surface area contributed by atoms with Gasteiger partial charge in [-0.15, -0.1) is 0 Å². The molecule has 0 aliphatic carbocycles. The molecule has 0 nitrogen and oxygen atoms in total. The number of benzene rings is 2. The van der Waals surface area contributed by atoms with E-state index < -0.39 is 0 Å². The van der Waals surface area contributed by atoms with Crippen molar-refractivity contribution in [3.63, 3.8) is 0 Å². The summed E-state index contributed by atoms with van der Waals surface area (Å²) in [7, 11) is 0. The van der Waals surface area contributed by atoms with Crippen LogP contribution >= 0.6 is 22.6 Å². The lowest BCUT2D eigenvalue weighted by molar-refractivity contribution is 1.49. The van der Waals surface area contributed by atoms with Gasteiger partial charge < -0.3 is 0 Å². The average molecular weight is 320 g/mol. The van der Waals surface area contributed by atoms with Crippen molar-refractivity contribution >= 4 is 39.4 Å². The average Bonchev–Trinajstić information content (AvgIpc) is 2.28. The van der Waals surface area contributed by atoms with Gasteiger partial charge >= 0.3 is 0 Å². The van der Waals surface area contributed by atoms with Crippen LogP contribution in [0.15, 0.2) is 49.1 Å². The first-order valence-electron chi connectivity index (χ1n) is 5.20. The minimum atomic E-state index is 1.26. The Hall–Kier alpha value is -1.09. The van der Waals surface area contributed by atoms with Gasteiger partial charge in [0.05, 0.1) is 0 Å². The number of fused-ring (bicyclic) bond motifs is 1. The van der Waals surface area contributed by atoms with Crippen molar-refractivity contribution in [2.24, 2.45) is 0 Å². The van der Waals surface area contributed by atoms with E-state index in [1.54, 1.807) is 6.08 Å². The van der Waals surface area contributed by atoms with Crippen LogP contribution in [0, 0.1) is 10.5 Å². The Morgan fingerprint density at radius 1 is 1.19 bits per heavy atom. The predicted molar refractivity (Wildman–Crippen MR) is 80.6 cm³/mol. The minimum Gasteiger partial charge on any atom is -0.0991 e. The largest absolute Gasteiger partial charge is 0.0991 e. The van der Waals surface area contributed by atoms with E-state index in [-0.39, 0.29) is 0 Å². The molecule has 0 amide bonds. The highest BCUT2D eigenvalue weighted by atomic mass is 127. The molecule has 0 spiro atoms. The lowest BCUT2D eigenvalue weighted by atomic mass is 10.00. The fourth-order valence-corrected chi connectivity index (χ4v) is 2.34. The second-order valence-electron chi connectivity index (χ2n) is 3.74. The summed E-state index contributed by atoms with van der Waals surface area (Å²) in [6, 6.07) is 10.9. The highest BCUT2D eigenvalue weighted by Gasteiger charge is 2.01. The van der Waals surface area contributed by atoms with Crippen LogP contribution in [0.2, 0.25) is 0 Å². The standard InChI is InChI=1S/C15H13I/c1-3-4-5-12-6-7-13-10-14(16)8-9-15(13)11(12)2/h3-10H,1H2,2H3/b5-4-. The summed E-state index contributed by atoms with van der Waals surface area (Å²) in [6.45, 7) is 5.86. The first kappa shape index (κ1) is 11.4. The molecule has 0 fully saturated rings. The van der Waals surface area contributed by atoms with Crippen molar-refractivity contribution in [3.05, 3.63) is 63.8 Å². The quantitative estimate of drug-likeness (QED) is 0.542. The summed E-state index contributed by atoms with van der Waals surface area (Å²) in [5, 5.41) is 2.63. The van der Waals surface area contributed by atoms with Crippen LogP contribution in [-0.2, 0) is 0 Å². The Bertz CT molecular complexity index is 565. The van der Waals surface area contributed by atoms with E-state index in [4.69, 9.17) is 0 Å². The van der Waals surface area contributed by atoms with Crippen molar-refractivity contribution in [2.75, 3.05) is 0 Å². The molecule has 2 aromatic rings. The van der Waals surface area contributed by atoms with Gasteiger partial charge in [-0.2, -0.15) is 0 Å². The third-order valence-corrected chi connectivity index (χ3v) is 3.38. The first-order valence-corrected chi connectivity index (χ1v) is 6.28. The highest BCUT2D eigenvalue weighted by Crippen LogP contribution is 2.24. The molecule has 0 saturated carbocycles. The number of hydrogen-bond donors (Lipinski definition) is 0. The maximum atomic E-state index is 3.69. The van der Waals surface area contributed by atoms with Crippen LogP contribution in [0.3, 0.4) is 0 Å². The van der Waals surface area contributed by atoms with Gasteiger partial charge in [0.2, 0.25) is 0 Å². The second kappa shape index (κ2) is 4.83. The van der Waals surface area contributed by atoms with Gasteiger partial charge in [0.15, 0.2) is 0 Å². The summed E-state index contributed by atoms with van der Waals surface area (Å²) >= 11 is 2.34. The molecule has 0 atom stereocenters. The van der Waals surface area contributed by atoms with Crippen molar-refractivity contribution < 1.29 is 0 Å². The van der Waals surface area contributed by atoms with Gasteiger partial charge in [0.25, 0.3) is 0 Å². The van der Waals surface area contributed by atoms with Gasteiger partial charge in [-0.1, -0.05) is 43.0 Å². The van der Waals surface area contributed by atoms with Crippen LogP contribution in [0.25, 0.3) is 16.8 Å². The summed E-state index contributed by atoms with van der Waals surface area (Å²) in [5.74, 6) is 0. The molecular formula is C15H13I. The van der Waals surface area contributed by atoms with Crippen LogP contribution in [0.1, 0.15) is 11.1 Å². The first-order chi connectivity index (χ1) is 7.72. The lowest BCUT2D eigenvalue weighted by Crippen LogP contribution is -1.84. The summed E-state index contributed by atoms with van der Waals surface area (Å²) in [5.41, 5.74) is 2.58. The third-order valence-electron chi connectivity index (χ3n) is 2.70. The molecule has 16 heavy (non-hydrogen) atoms. The second-order valence-corrected chi connectivity index (χ2v) is 4.99. The van der Waals surface area contributed by atoms with Gasteiger partial charge in [-0.05, 0) is 63.5 Å². The van der Waals surface area contributed by atoms with Gasteiger partial charge in [0.1, 0.15) is 0 Å². The Morgan fingerprint density at radius 2 is 2.00 bits per heavy atom. The van der Waals surface area contributed by atoms with Gasteiger partial charge in [-0.3, -0.25) is 0 Å². The molecule has 0 aliphatic heterocycles. The van der Waals surface area contributed by atoms with Crippen molar-refractivity contribution in [2.45, 2.75) is 6.92 Å². The zero-order chi connectivity index (χ0) is 11.5. The lowest BCUT2D eigenvalue weighted by Gasteiger charge is -2.06. The Kier molecular flexibility index (Phi) is 3.44. The number of aryl methyl sites for hydroxylation is 1. The fraction of sp³-hybridized carbons (Fsp3) is 0.0667. The molecule has 0 bridgehead atoms. The Morgan fingerprint density at radius 3 is 2.75 bits per heavy atom. The van der Waals surface area contributed by atoms with Crippen LogP contribution < -0.4 is 0 Å². The Balaban J connectivity index is 2.65. The van der Waals surface area contributed by atoms with E-state index >= 15 is 0 Å². The van der Waals surface area contributed by atoms with Crippen molar-refractivity contribution in [3.8, 4) is 0 Å². The predicted octanol–water partition coefficient (Wildman–Crippen LogP) is 4.95. The number of rotatable bonds is 2. The zero-order valence-corrected chi connectivity index (χ0v) is 11.4. The number of hydrogen-bond acceptors (Lipinski definition) is 0. The third kappa shape index (κ3) is 2.19. The van der Waals surface area contributed by atoms with E-state index in [9.17, 15) is 0 Å². The van der Waals surface area contributed by atoms with Crippen LogP contribution in [-0.4, -0.2) is 0 Å². The molecule has 0 aromatic heterocycles. The van der Waals surface area contributed by atoms with Gasteiger partial charge in [-0.25, -0.2) is 0 Å². The Labute approximate surface area is 110 Å². The highest BCUT2D eigenvalue weighted by molar-refractivity contribution is 14.1. The molecular weight excluding hydrogens is 307 g/mol. The number of halogens is 1. The summed E-state index contributed by atoms with van der Waals surface area (Å²) < 4.78 is 1.28. The molecule has 0 saturated heterocycles. The molecule has 0 heterocycles. The van der Waals surface area contributed by atoms with Crippen LogP contribution in [0.5, 0.6) is 0 Å². The zero-order valence-electron chi connectivity index (χ0n) is 9.20. The maximum absolute atomic E-state index is 3.69. The SMILES string of the molecule is C=C/C=C\c1ccc2cc(I)ccc2c1C. The van der Waals surface area contributed by atoms with E-state index in [0.29, 0.717) is 0 Å². The molecule has 2 aromatic carbocycles. The smallest absolute Gasteiger partial charge is 0.0136 e. The molecule has 2 rings (SSSR count). The summed E-state index contributed by atoms with van der Waals surface area (Å²) in [6.07, 6.45) is 5.87. The fourth-order valence-electron chi connectivity index (χ4n) is 1.83. The maximum Gasteiger partial charge on any atom is 0.0136 e. The van der Waals surface area contributed by atoms with E-state index in [0.717, 1.165) is 0 Å². The van der Waals surface area contributed by atoms with Crippen molar-refractivity contribution in [1.82, 2.24) is 0 Å². The van der Waals surface area contributed by atoms with E-state index in [1.165, 1.54) is 25.5 Å². The molecule has 1 heteroatoms. The number of allylic oxidation sites excluding steroid dienone is 2. The molecule has 0 radical (unpaired) electrons. The molecule has 0 N–H and O–H groups in total.